The average Bonchev–Trinajstić information content (AvgIpc) is 3.48. The van der Waals surface area contributed by atoms with E-state index in [1.54, 1.807) is 18.1 Å². The third-order valence-electron chi connectivity index (χ3n) is 11.0. The Labute approximate surface area is 303 Å². The van der Waals surface area contributed by atoms with E-state index < -0.39 is 11.9 Å². The first-order valence-electron chi connectivity index (χ1n) is 18.8. The third-order valence-corrected chi connectivity index (χ3v) is 11.0. The molecule has 3 fully saturated rings. The lowest BCUT2D eigenvalue weighted by molar-refractivity contribution is -0.136. The number of nitrogen functional groups attached to an aromatic ring is 1. The number of nitrogens with zero attached hydrogens (tertiary/aromatic N) is 4. The first kappa shape index (κ1) is 36.3. The number of piperazine rings is 1. The lowest BCUT2D eigenvalue weighted by Crippen LogP contribution is -2.53. The molecular formula is C41H52N6O4. The van der Waals surface area contributed by atoms with Gasteiger partial charge in [0.15, 0.2) is 0 Å². The standard InChI is InChI=1S/C41H52N6O4/c1-3-30-26-31(35-29-47(41(50)34(35)27-30)37-15-16-39(48)43-40(37)49)12-10-8-6-4-5-7-9-11-19-44-22-24-46(25-23-44)32-17-20-45(21-18-32)33-13-14-36(42)38(28-33)51-2/h1,13-14,26-28,32,37H,4-9,11,15-25,29,42H2,2H3,(H,43,48,49). The molecule has 51 heavy (non-hydrogen) atoms. The Kier molecular flexibility index (Phi) is 12.2. The number of fused-ring (bicyclic) bond motifs is 1. The summed E-state index contributed by atoms with van der Waals surface area (Å²) < 4.78 is 5.42. The first-order valence-corrected chi connectivity index (χ1v) is 18.8. The number of anilines is 2. The van der Waals surface area contributed by atoms with E-state index in [-0.39, 0.29) is 18.2 Å². The van der Waals surface area contributed by atoms with E-state index in [0.29, 0.717) is 35.8 Å². The van der Waals surface area contributed by atoms with Crippen LogP contribution in [0.1, 0.15) is 97.7 Å². The summed E-state index contributed by atoms with van der Waals surface area (Å²) in [6.45, 7) is 8.32. The molecule has 0 aromatic heterocycles. The van der Waals surface area contributed by atoms with Crippen molar-refractivity contribution in [1.82, 2.24) is 20.0 Å². The molecule has 0 bridgehead atoms. The van der Waals surface area contributed by atoms with Gasteiger partial charge in [0.05, 0.1) is 12.8 Å². The number of ether oxygens (including phenoxy) is 1. The van der Waals surface area contributed by atoms with Crippen LogP contribution in [-0.4, -0.2) is 97.4 Å². The zero-order valence-electron chi connectivity index (χ0n) is 30.1. The van der Waals surface area contributed by atoms with E-state index in [9.17, 15) is 14.4 Å². The molecule has 0 radical (unpaired) electrons. The normalized spacial score (nSPS) is 20.1. The SMILES string of the molecule is C#Cc1cc(C#CCCCCCCCCN2CCN(C3CCN(c4ccc(N)c(OC)c4)CC3)CC2)c2c(c1)C(=O)N(C1CCC(=O)NC1=O)C2. The first-order chi connectivity index (χ1) is 24.8. The predicted octanol–water partition coefficient (Wildman–Crippen LogP) is 4.39. The highest BCUT2D eigenvalue weighted by Crippen LogP contribution is 2.32. The lowest BCUT2D eigenvalue weighted by atomic mass is 9.99. The van der Waals surface area contributed by atoms with E-state index in [1.807, 2.05) is 12.1 Å². The number of piperidine rings is 2. The highest BCUT2D eigenvalue weighted by molar-refractivity contribution is 6.05. The largest absolute Gasteiger partial charge is 0.495 e. The number of benzene rings is 2. The summed E-state index contributed by atoms with van der Waals surface area (Å²) in [7, 11) is 1.67. The molecule has 6 rings (SSSR count). The summed E-state index contributed by atoms with van der Waals surface area (Å²) in [5.74, 6) is 9.01. The molecule has 3 amide bonds. The molecule has 10 nitrogen and oxygen atoms in total. The van der Waals surface area contributed by atoms with E-state index in [1.165, 1.54) is 76.9 Å². The average molecular weight is 693 g/mol. The number of nitrogens with two attached hydrogens (primary N) is 1. The molecule has 270 valence electrons. The number of carbonyl (C=O) groups excluding carboxylic acids is 3. The molecule has 0 spiro atoms. The second kappa shape index (κ2) is 17.1. The van der Waals surface area contributed by atoms with Crippen LogP contribution in [0.15, 0.2) is 30.3 Å². The number of hydrogen-bond acceptors (Lipinski definition) is 8. The van der Waals surface area contributed by atoms with Crippen molar-refractivity contribution in [3.8, 4) is 29.9 Å². The maximum atomic E-state index is 13.2. The molecule has 4 aliphatic rings. The fraction of sp³-hybridized carbons (Fsp3) is 0.537. The number of amides is 3. The quantitative estimate of drug-likeness (QED) is 0.146. The van der Waals surface area contributed by atoms with Crippen LogP contribution in [0.4, 0.5) is 11.4 Å². The van der Waals surface area contributed by atoms with Gasteiger partial charge in [-0.2, -0.15) is 0 Å². The molecule has 10 heteroatoms. The molecular weight excluding hydrogens is 640 g/mol. The van der Waals surface area contributed by atoms with E-state index >= 15 is 0 Å². The van der Waals surface area contributed by atoms with Crippen molar-refractivity contribution in [3.63, 3.8) is 0 Å². The lowest BCUT2D eigenvalue weighted by Gasteiger charge is -2.43. The van der Waals surface area contributed by atoms with Gasteiger partial charge in [-0.25, -0.2) is 0 Å². The Hall–Kier alpha value is -4.51. The second-order valence-electron chi connectivity index (χ2n) is 14.3. The Morgan fingerprint density at radius 3 is 2.39 bits per heavy atom. The van der Waals surface area contributed by atoms with Crippen LogP contribution in [0.3, 0.4) is 0 Å². The predicted molar refractivity (Wildman–Crippen MR) is 200 cm³/mol. The summed E-state index contributed by atoms with van der Waals surface area (Å²) in [5.41, 5.74) is 10.6. The van der Waals surface area contributed by atoms with Gasteiger partial charge >= 0.3 is 0 Å². The Morgan fingerprint density at radius 2 is 1.67 bits per heavy atom. The zero-order chi connectivity index (χ0) is 35.7. The summed E-state index contributed by atoms with van der Waals surface area (Å²) in [6.07, 6.45) is 16.6. The maximum absolute atomic E-state index is 13.2. The van der Waals surface area contributed by atoms with Gasteiger partial charge in [0, 0.05) is 93.1 Å². The number of nitrogens with one attached hydrogen (secondary N) is 1. The summed E-state index contributed by atoms with van der Waals surface area (Å²) >= 11 is 0. The van der Waals surface area contributed by atoms with Gasteiger partial charge in [-0.3, -0.25) is 24.6 Å². The van der Waals surface area contributed by atoms with Crippen LogP contribution < -0.4 is 20.7 Å². The smallest absolute Gasteiger partial charge is 0.255 e. The van der Waals surface area contributed by atoms with Gasteiger partial charge in [0.2, 0.25) is 11.8 Å². The number of methoxy groups -OCH3 is 1. The topological polar surface area (TPSA) is 111 Å². The molecule has 1 unspecified atom stereocenters. The van der Waals surface area contributed by atoms with Crippen molar-refractivity contribution < 1.29 is 19.1 Å². The number of rotatable bonds is 12. The second-order valence-corrected chi connectivity index (χ2v) is 14.3. The van der Waals surface area contributed by atoms with E-state index in [0.717, 1.165) is 49.2 Å². The minimum atomic E-state index is -0.657. The molecule has 4 heterocycles. The minimum absolute atomic E-state index is 0.223. The molecule has 4 aliphatic heterocycles. The van der Waals surface area contributed by atoms with Crippen LogP contribution in [0, 0.1) is 24.2 Å². The van der Waals surface area contributed by atoms with Crippen molar-refractivity contribution in [2.75, 3.05) is 63.6 Å². The van der Waals surface area contributed by atoms with Crippen LogP contribution >= 0.6 is 0 Å². The number of imide groups is 1. The summed E-state index contributed by atoms with van der Waals surface area (Å²) in [4.78, 5) is 46.7. The van der Waals surface area contributed by atoms with Crippen LogP contribution in [-0.2, 0) is 16.1 Å². The van der Waals surface area contributed by atoms with Crippen molar-refractivity contribution in [3.05, 3.63) is 52.6 Å². The van der Waals surface area contributed by atoms with Crippen molar-refractivity contribution >= 4 is 29.1 Å². The number of unbranched alkanes of at least 4 members (excludes halogenated alkanes) is 6. The van der Waals surface area contributed by atoms with Gasteiger partial charge < -0.3 is 25.2 Å². The molecule has 3 saturated heterocycles. The Bertz CT molecular complexity index is 1690. The Morgan fingerprint density at radius 1 is 0.922 bits per heavy atom. The molecule has 1 atom stereocenters. The van der Waals surface area contributed by atoms with Crippen LogP contribution in [0.25, 0.3) is 0 Å². The van der Waals surface area contributed by atoms with E-state index in [4.69, 9.17) is 16.9 Å². The van der Waals surface area contributed by atoms with Crippen molar-refractivity contribution in [2.24, 2.45) is 0 Å². The zero-order valence-corrected chi connectivity index (χ0v) is 30.1. The number of hydrogen-bond donors (Lipinski definition) is 2. The van der Waals surface area contributed by atoms with Crippen LogP contribution in [0.2, 0.25) is 0 Å². The fourth-order valence-electron chi connectivity index (χ4n) is 8.01. The number of carbonyl (C=O) groups is 3. The maximum Gasteiger partial charge on any atom is 0.255 e. The molecule has 2 aromatic carbocycles. The molecule has 3 N–H and O–H groups in total. The molecule has 0 aliphatic carbocycles. The molecule has 2 aromatic rings. The summed E-state index contributed by atoms with van der Waals surface area (Å²) in [6, 6.07) is 9.70. The molecule has 0 saturated carbocycles. The minimum Gasteiger partial charge on any atom is -0.495 e. The Balaban J connectivity index is 0.842. The van der Waals surface area contributed by atoms with Gasteiger partial charge in [-0.05, 0) is 68.5 Å². The van der Waals surface area contributed by atoms with Crippen molar-refractivity contribution in [1.29, 1.82) is 0 Å². The van der Waals surface area contributed by atoms with Gasteiger partial charge in [0.1, 0.15) is 11.8 Å². The van der Waals surface area contributed by atoms with Gasteiger partial charge in [0.25, 0.3) is 5.91 Å². The number of terminal acetylenes is 1. The fourth-order valence-corrected chi connectivity index (χ4v) is 8.01. The van der Waals surface area contributed by atoms with E-state index in [2.05, 4.69) is 49.9 Å². The summed E-state index contributed by atoms with van der Waals surface area (Å²) in [5, 5.41) is 2.35. The monoisotopic (exact) mass is 692 g/mol. The third kappa shape index (κ3) is 8.87. The van der Waals surface area contributed by atoms with Crippen molar-refractivity contribution in [2.45, 2.75) is 89.3 Å². The van der Waals surface area contributed by atoms with Gasteiger partial charge in [-0.15, -0.1) is 6.42 Å². The highest BCUT2D eigenvalue weighted by atomic mass is 16.5. The van der Waals surface area contributed by atoms with Crippen LogP contribution in [0.5, 0.6) is 5.75 Å². The highest BCUT2D eigenvalue weighted by Gasteiger charge is 2.40. The van der Waals surface area contributed by atoms with Gasteiger partial charge in [-0.1, -0.05) is 43.4 Å².